The molecule has 0 spiro atoms. The third-order valence-electron chi connectivity index (χ3n) is 4.54. The average molecular weight is 318 g/mol. The van der Waals surface area contributed by atoms with E-state index in [9.17, 15) is 9.90 Å². The molecule has 0 aliphatic carbocycles. The Labute approximate surface area is 137 Å². The highest BCUT2D eigenvalue weighted by Gasteiger charge is 2.39. The zero-order chi connectivity index (χ0) is 16.6. The maximum absolute atomic E-state index is 12.2. The Morgan fingerprint density at radius 3 is 2.61 bits per heavy atom. The Balaban J connectivity index is 1.65. The van der Waals surface area contributed by atoms with E-state index in [1.54, 1.807) is 4.90 Å². The number of rotatable bonds is 1. The summed E-state index contributed by atoms with van der Waals surface area (Å²) in [4.78, 5) is 16.1. The molecule has 0 aromatic heterocycles. The summed E-state index contributed by atoms with van der Waals surface area (Å²) in [5.74, 6) is 0. The van der Waals surface area contributed by atoms with Gasteiger partial charge >= 0.3 is 6.09 Å². The lowest BCUT2D eigenvalue weighted by Gasteiger charge is -2.34. The number of ether oxygens (including phenoxy) is 1. The summed E-state index contributed by atoms with van der Waals surface area (Å²) in [5.41, 5.74) is 2.20. The first-order valence-electron chi connectivity index (χ1n) is 8.30. The van der Waals surface area contributed by atoms with Crippen LogP contribution in [0.25, 0.3) is 0 Å². The number of β-amino-alcohol motifs (C(OH)–C–C–N with tert-alkyl or cyclic N) is 1. The van der Waals surface area contributed by atoms with Crippen molar-refractivity contribution in [2.45, 2.75) is 51.5 Å². The minimum absolute atomic E-state index is 0.0177. The molecule has 5 nitrogen and oxygen atoms in total. The van der Waals surface area contributed by atoms with E-state index in [4.69, 9.17) is 4.74 Å². The minimum Gasteiger partial charge on any atom is -0.444 e. The second-order valence-corrected chi connectivity index (χ2v) is 7.51. The van der Waals surface area contributed by atoms with Crippen LogP contribution in [-0.2, 0) is 17.7 Å². The molecule has 2 aliphatic heterocycles. The second kappa shape index (κ2) is 6.13. The van der Waals surface area contributed by atoms with E-state index in [1.807, 2.05) is 20.8 Å². The average Bonchev–Trinajstić information content (AvgIpc) is 2.87. The monoisotopic (exact) mass is 318 g/mol. The molecule has 2 atom stereocenters. The number of hydrogen-bond donors (Lipinski definition) is 1. The van der Waals surface area contributed by atoms with Crippen LogP contribution in [0.15, 0.2) is 24.3 Å². The molecule has 23 heavy (non-hydrogen) atoms. The fraction of sp³-hybridized carbons (Fsp3) is 0.611. The Morgan fingerprint density at radius 1 is 1.22 bits per heavy atom. The molecule has 0 bridgehead atoms. The topological polar surface area (TPSA) is 53.0 Å². The lowest BCUT2D eigenvalue weighted by Crippen LogP contribution is -2.46. The van der Waals surface area contributed by atoms with Crippen LogP contribution in [0.5, 0.6) is 0 Å². The molecular weight excluding hydrogens is 292 g/mol. The number of fused-ring (bicyclic) bond motifs is 1. The number of aliphatic hydroxyl groups excluding tert-OH is 1. The lowest BCUT2D eigenvalue weighted by atomic mass is 9.98. The Bertz CT molecular complexity index is 582. The van der Waals surface area contributed by atoms with Gasteiger partial charge in [-0.15, -0.1) is 0 Å². The van der Waals surface area contributed by atoms with Gasteiger partial charge < -0.3 is 14.7 Å². The van der Waals surface area contributed by atoms with Crippen LogP contribution in [0.2, 0.25) is 0 Å². The van der Waals surface area contributed by atoms with Crippen LogP contribution in [-0.4, -0.2) is 58.4 Å². The van der Waals surface area contributed by atoms with Crippen molar-refractivity contribution >= 4 is 6.09 Å². The molecule has 126 valence electrons. The van der Waals surface area contributed by atoms with Gasteiger partial charge in [-0.25, -0.2) is 4.79 Å². The Hall–Kier alpha value is -1.59. The van der Waals surface area contributed by atoms with Crippen LogP contribution >= 0.6 is 0 Å². The van der Waals surface area contributed by atoms with Gasteiger partial charge in [0.1, 0.15) is 5.60 Å². The molecule has 0 unspecified atom stereocenters. The molecule has 2 heterocycles. The Kier molecular flexibility index (Phi) is 4.34. The van der Waals surface area contributed by atoms with Crippen molar-refractivity contribution in [1.82, 2.24) is 9.80 Å². The Morgan fingerprint density at radius 2 is 1.91 bits per heavy atom. The fourth-order valence-electron chi connectivity index (χ4n) is 3.40. The smallest absolute Gasteiger partial charge is 0.410 e. The first kappa shape index (κ1) is 16.3. The van der Waals surface area contributed by atoms with Crippen LogP contribution in [0.3, 0.4) is 0 Å². The number of carbonyl (C=O) groups excluding carboxylic acids is 1. The van der Waals surface area contributed by atoms with E-state index in [0.717, 1.165) is 19.5 Å². The summed E-state index contributed by atoms with van der Waals surface area (Å²) in [6.07, 6.45) is 0.135. The van der Waals surface area contributed by atoms with Gasteiger partial charge in [-0.1, -0.05) is 24.3 Å². The van der Waals surface area contributed by atoms with Crippen LogP contribution in [0, 0.1) is 0 Å². The van der Waals surface area contributed by atoms with E-state index >= 15 is 0 Å². The van der Waals surface area contributed by atoms with Gasteiger partial charge in [0, 0.05) is 19.6 Å². The maximum Gasteiger partial charge on any atom is 0.410 e. The summed E-state index contributed by atoms with van der Waals surface area (Å²) < 4.78 is 5.42. The van der Waals surface area contributed by atoms with Gasteiger partial charge in [-0.2, -0.15) is 0 Å². The normalized spacial score (nSPS) is 25.3. The molecule has 0 radical (unpaired) electrons. The molecule has 2 aliphatic rings. The first-order chi connectivity index (χ1) is 10.8. The number of carbonyl (C=O) groups is 1. The standard InChI is InChI=1S/C18H26N2O3/c1-18(2,3)23-17(22)20-11-15(16(21)12-20)19-9-8-13-6-4-5-7-14(13)10-19/h4-7,15-16,21H,8-12H2,1-3H3/t15-,16-/m1/s1. The van der Waals surface area contributed by atoms with Crippen molar-refractivity contribution in [3.05, 3.63) is 35.4 Å². The van der Waals surface area contributed by atoms with Gasteiger partial charge in [0.15, 0.2) is 0 Å². The summed E-state index contributed by atoms with van der Waals surface area (Å²) in [5, 5.41) is 10.4. The van der Waals surface area contributed by atoms with Gasteiger partial charge in [0.2, 0.25) is 0 Å². The molecule has 1 aromatic carbocycles. The third kappa shape index (κ3) is 3.67. The van der Waals surface area contributed by atoms with E-state index < -0.39 is 11.7 Å². The molecule has 0 saturated carbocycles. The number of aliphatic hydroxyl groups is 1. The van der Waals surface area contributed by atoms with Crippen molar-refractivity contribution < 1.29 is 14.6 Å². The highest BCUT2D eigenvalue weighted by Crippen LogP contribution is 2.25. The lowest BCUT2D eigenvalue weighted by molar-refractivity contribution is 0.0269. The van der Waals surface area contributed by atoms with E-state index in [1.165, 1.54) is 11.1 Å². The molecule has 5 heteroatoms. The molecule has 1 amide bonds. The number of likely N-dealkylation sites (tertiary alicyclic amines) is 1. The fourth-order valence-corrected chi connectivity index (χ4v) is 3.40. The van der Waals surface area contributed by atoms with E-state index in [2.05, 4.69) is 29.2 Å². The zero-order valence-electron chi connectivity index (χ0n) is 14.2. The van der Waals surface area contributed by atoms with Gasteiger partial charge in [0.25, 0.3) is 0 Å². The highest BCUT2D eigenvalue weighted by atomic mass is 16.6. The van der Waals surface area contributed by atoms with Gasteiger partial charge in [-0.3, -0.25) is 4.90 Å². The first-order valence-corrected chi connectivity index (χ1v) is 8.30. The zero-order valence-corrected chi connectivity index (χ0v) is 14.2. The summed E-state index contributed by atoms with van der Waals surface area (Å²) in [6.45, 7) is 8.19. The number of amides is 1. The highest BCUT2D eigenvalue weighted by molar-refractivity contribution is 5.68. The molecule has 1 fully saturated rings. The largest absolute Gasteiger partial charge is 0.444 e. The van der Waals surface area contributed by atoms with Crippen molar-refractivity contribution in [1.29, 1.82) is 0 Å². The third-order valence-corrected chi connectivity index (χ3v) is 4.54. The summed E-state index contributed by atoms with van der Waals surface area (Å²) in [7, 11) is 0. The SMILES string of the molecule is CC(C)(C)OC(=O)N1C[C@@H](O)[C@H](N2CCc3ccccc3C2)C1. The van der Waals surface area contributed by atoms with Crippen molar-refractivity contribution in [3.8, 4) is 0 Å². The molecule has 1 aromatic rings. The summed E-state index contributed by atoms with van der Waals surface area (Å²) in [6, 6.07) is 8.43. The number of nitrogens with zero attached hydrogens (tertiary/aromatic N) is 2. The predicted octanol–water partition coefficient (Wildman–Crippen LogP) is 2.02. The maximum atomic E-state index is 12.2. The van der Waals surface area contributed by atoms with E-state index in [-0.39, 0.29) is 12.1 Å². The van der Waals surface area contributed by atoms with Crippen molar-refractivity contribution in [2.75, 3.05) is 19.6 Å². The summed E-state index contributed by atoms with van der Waals surface area (Å²) >= 11 is 0. The van der Waals surface area contributed by atoms with E-state index in [0.29, 0.717) is 13.1 Å². The van der Waals surface area contributed by atoms with Crippen LogP contribution in [0.4, 0.5) is 4.79 Å². The molecule has 1 saturated heterocycles. The molecular formula is C18H26N2O3. The van der Waals surface area contributed by atoms with Gasteiger partial charge in [-0.05, 0) is 38.3 Å². The van der Waals surface area contributed by atoms with Crippen LogP contribution < -0.4 is 0 Å². The van der Waals surface area contributed by atoms with Crippen molar-refractivity contribution in [2.24, 2.45) is 0 Å². The molecule has 3 rings (SSSR count). The minimum atomic E-state index is -0.521. The van der Waals surface area contributed by atoms with Gasteiger partial charge in [0.05, 0.1) is 18.7 Å². The number of hydrogen-bond acceptors (Lipinski definition) is 4. The molecule has 1 N–H and O–H groups in total. The quantitative estimate of drug-likeness (QED) is 0.861. The predicted molar refractivity (Wildman–Crippen MR) is 88.2 cm³/mol. The van der Waals surface area contributed by atoms with Crippen LogP contribution in [0.1, 0.15) is 31.9 Å². The van der Waals surface area contributed by atoms with Crippen molar-refractivity contribution in [3.63, 3.8) is 0 Å². The number of benzene rings is 1. The second-order valence-electron chi connectivity index (χ2n) is 7.51.